The van der Waals surface area contributed by atoms with Crippen molar-refractivity contribution in [3.63, 3.8) is 0 Å². The molecular formula is C15H9F3O3. The second kappa shape index (κ2) is 5.40. The lowest BCUT2D eigenvalue weighted by atomic mass is 9.97. The van der Waals surface area contributed by atoms with Crippen LogP contribution in [0.1, 0.15) is 31.8 Å². The number of hydrogen-bond donors (Lipinski definition) is 1. The highest BCUT2D eigenvalue weighted by atomic mass is 19.2. The molecule has 0 unspecified atom stereocenters. The Bertz CT molecular complexity index is 754. The van der Waals surface area contributed by atoms with E-state index in [-0.39, 0.29) is 11.1 Å². The first-order valence-electron chi connectivity index (χ1n) is 5.84. The molecule has 2 aromatic carbocycles. The molecule has 6 heteroatoms. The van der Waals surface area contributed by atoms with Crippen molar-refractivity contribution in [1.82, 2.24) is 0 Å². The highest BCUT2D eigenvalue weighted by Crippen LogP contribution is 2.20. The van der Waals surface area contributed by atoms with Crippen molar-refractivity contribution in [1.29, 1.82) is 0 Å². The van der Waals surface area contributed by atoms with Gasteiger partial charge in [0.2, 0.25) is 0 Å². The van der Waals surface area contributed by atoms with Crippen molar-refractivity contribution in [2.45, 2.75) is 6.92 Å². The van der Waals surface area contributed by atoms with Gasteiger partial charge in [-0.25, -0.2) is 18.0 Å². The van der Waals surface area contributed by atoms with Crippen LogP contribution in [0.3, 0.4) is 0 Å². The quantitative estimate of drug-likeness (QED) is 0.883. The first-order valence-corrected chi connectivity index (χ1v) is 5.84. The van der Waals surface area contributed by atoms with Crippen LogP contribution < -0.4 is 0 Å². The van der Waals surface area contributed by atoms with Gasteiger partial charge in [-0.3, -0.25) is 4.79 Å². The smallest absolute Gasteiger partial charge is 0.336 e. The molecule has 0 atom stereocenters. The molecule has 0 fully saturated rings. The largest absolute Gasteiger partial charge is 0.478 e. The Labute approximate surface area is 117 Å². The van der Waals surface area contributed by atoms with Crippen molar-refractivity contribution in [3.05, 3.63) is 70.0 Å². The molecule has 0 heterocycles. The molecule has 0 aliphatic carbocycles. The van der Waals surface area contributed by atoms with E-state index in [0.29, 0.717) is 12.1 Å². The third-order valence-corrected chi connectivity index (χ3v) is 2.96. The van der Waals surface area contributed by atoms with E-state index >= 15 is 0 Å². The van der Waals surface area contributed by atoms with Gasteiger partial charge in [0.15, 0.2) is 17.4 Å². The molecule has 21 heavy (non-hydrogen) atoms. The number of carboxylic acid groups (broad SMARTS) is 1. The van der Waals surface area contributed by atoms with E-state index in [4.69, 9.17) is 5.11 Å². The Balaban J connectivity index is 2.59. The summed E-state index contributed by atoms with van der Waals surface area (Å²) in [6, 6.07) is 4.38. The zero-order valence-electron chi connectivity index (χ0n) is 10.8. The zero-order chi connectivity index (χ0) is 15.7. The van der Waals surface area contributed by atoms with Crippen LogP contribution >= 0.6 is 0 Å². The van der Waals surface area contributed by atoms with Gasteiger partial charge in [-0.2, -0.15) is 0 Å². The zero-order valence-corrected chi connectivity index (χ0v) is 10.8. The minimum Gasteiger partial charge on any atom is -0.478 e. The van der Waals surface area contributed by atoms with Gasteiger partial charge >= 0.3 is 5.97 Å². The minimum absolute atomic E-state index is 0.0117. The molecule has 0 amide bonds. The van der Waals surface area contributed by atoms with Crippen LogP contribution in [-0.4, -0.2) is 16.9 Å². The van der Waals surface area contributed by atoms with Crippen LogP contribution in [-0.2, 0) is 0 Å². The van der Waals surface area contributed by atoms with Crippen molar-refractivity contribution < 1.29 is 27.9 Å². The highest BCUT2D eigenvalue weighted by molar-refractivity contribution is 6.14. The molecular weight excluding hydrogens is 285 g/mol. The van der Waals surface area contributed by atoms with Crippen LogP contribution in [0.15, 0.2) is 30.3 Å². The summed E-state index contributed by atoms with van der Waals surface area (Å²) in [7, 11) is 0. The lowest BCUT2D eigenvalue weighted by Gasteiger charge is -2.07. The molecule has 0 aliphatic rings. The SMILES string of the molecule is Cc1cc(C(=O)c2cc(F)c(F)cc2C(=O)O)ccc1F. The summed E-state index contributed by atoms with van der Waals surface area (Å²) in [5, 5.41) is 8.97. The summed E-state index contributed by atoms with van der Waals surface area (Å²) in [6.45, 7) is 1.43. The molecule has 0 bridgehead atoms. The maximum atomic E-state index is 13.3. The van der Waals surface area contributed by atoms with E-state index in [9.17, 15) is 22.8 Å². The van der Waals surface area contributed by atoms with Crippen molar-refractivity contribution >= 4 is 11.8 Å². The van der Waals surface area contributed by atoms with Crippen LogP contribution in [0.2, 0.25) is 0 Å². The number of aryl methyl sites for hydroxylation is 1. The Morgan fingerprint density at radius 3 is 2.00 bits per heavy atom. The van der Waals surface area contributed by atoms with Gasteiger partial charge in [0.25, 0.3) is 0 Å². The fourth-order valence-corrected chi connectivity index (χ4v) is 1.85. The molecule has 2 aromatic rings. The van der Waals surface area contributed by atoms with Crippen LogP contribution in [0.25, 0.3) is 0 Å². The van der Waals surface area contributed by atoms with Crippen LogP contribution in [0.4, 0.5) is 13.2 Å². The number of carbonyl (C=O) groups is 2. The molecule has 0 saturated heterocycles. The third kappa shape index (κ3) is 2.79. The lowest BCUT2D eigenvalue weighted by molar-refractivity contribution is 0.0692. The topological polar surface area (TPSA) is 54.4 Å². The Kier molecular flexibility index (Phi) is 3.80. The number of benzene rings is 2. The molecule has 0 aliphatic heterocycles. The Morgan fingerprint density at radius 2 is 1.48 bits per heavy atom. The normalized spacial score (nSPS) is 10.5. The van der Waals surface area contributed by atoms with E-state index in [1.54, 1.807) is 0 Å². The average Bonchev–Trinajstić information content (AvgIpc) is 2.43. The van der Waals surface area contributed by atoms with Crippen molar-refractivity contribution in [3.8, 4) is 0 Å². The van der Waals surface area contributed by atoms with Gasteiger partial charge in [-0.15, -0.1) is 0 Å². The molecule has 3 nitrogen and oxygen atoms in total. The molecule has 1 N–H and O–H groups in total. The molecule has 108 valence electrons. The Morgan fingerprint density at radius 1 is 0.905 bits per heavy atom. The van der Waals surface area contributed by atoms with Crippen LogP contribution in [0.5, 0.6) is 0 Å². The van der Waals surface area contributed by atoms with Crippen molar-refractivity contribution in [2.24, 2.45) is 0 Å². The van der Waals surface area contributed by atoms with Gasteiger partial charge < -0.3 is 5.11 Å². The predicted octanol–water partition coefficient (Wildman–Crippen LogP) is 3.34. The summed E-state index contributed by atoms with van der Waals surface area (Å²) in [6.07, 6.45) is 0. The fraction of sp³-hybridized carbons (Fsp3) is 0.0667. The first-order chi connectivity index (χ1) is 9.81. The van der Waals surface area contributed by atoms with Gasteiger partial charge in [0.05, 0.1) is 5.56 Å². The maximum Gasteiger partial charge on any atom is 0.336 e. The van der Waals surface area contributed by atoms with E-state index in [1.807, 2.05) is 0 Å². The minimum atomic E-state index is -1.56. The number of rotatable bonds is 3. The summed E-state index contributed by atoms with van der Waals surface area (Å²) in [5.41, 5.74) is -0.976. The molecule has 2 rings (SSSR count). The number of carboxylic acids is 1. The molecule has 0 radical (unpaired) electrons. The first kappa shape index (κ1) is 14.8. The summed E-state index contributed by atoms with van der Waals surface area (Å²) in [5.74, 6) is -5.61. The number of aromatic carboxylic acids is 1. The number of ketones is 1. The summed E-state index contributed by atoms with van der Waals surface area (Å²) >= 11 is 0. The number of hydrogen-bond acceptors (Lipinski definition) is 2. The van der Waals surface area contributed by atoms with E-state index in [1.165, 1.54) is 13.0 Å². The lowest BCUT2D eigenvalue weighted by Crippen LogP contribution is -2.12. The van der Waals surface area contributed by atoms with Crippen molar-refractivity contribution in [2.75, 3.05) is 0 Å². The van der Waals surface area contributed by atoms with Gasteiger partial charge in [0.1, 0.15) is 5.82 Å². The standard InChI is InChI=1S/C15H9F3O3/c1-7-4-8(2-3-11(7)16)14(19)9-5-12(17)13(18)6-10(9)15(20)21/h2-6H,1H3,(H,20,21). The maximum absolute atomic E-state index is 13.3. The van der Waals surface area contributed by atoms with E-state index in [2.05, 4.69) is 0 Å². The van der Waals surface area contributed by atoms with Gasteiger partial charge in [-0.1, -0.05) is 0 Å². The highest BCUT2D eigenvalue weighted by Gasteiger charge is 2.21. The van der Waals surface area contributed by atoms with Crippen LogP contribution in [0, 0.1) is 24.4 Å². The van der Waals surface area contributed by atoms with Gasteiger partial charge in [-0.05, 0) is 42.8 Å². The fourth-order valence-electron chi connectivity index (χ4n) is 1.85. The second-order valence-electron chi connectivity index (χ2n) is 4.41. The monoisotopic (exact) mass is 294 g/mol. The molecule has 0 aromatic heterocycles. The number of carbonyl (C=O) groups excluding carboxylic acids is 1. The second-order valence-corrected chi connectivity index (χ2v) is 4.41. The van der Waals surface area contributed by atoms with E-state index in [0.717, 1.165) is 12.1 Å². The third-order valence-electron chi connectivity index (χ3n) is 2.96. The van der Waals surface area contributed by atoms with E-state index < -0.39 is 40.3 Å². The Hall–Kier alpha value is -2.63. The summed E-state index contributed by atoms with van der Waals surface area (Å²) < 4.78 is 39.5. The molecule has 0 spiro atoms. The molecule has 0 saturated carbocycles. The van der Waals surface area contributed by atoms with Gasteiger partial charge in [0, 0.05) is 11.1 Å². The number of halogens is 3. The predicted molar refractivity (Wildman–Crippen MR) is 67.9 cm³/mol. The summed E-state index contributed by atoms with van der Waals surface area (Å²) in [4.78, 5) is 23.3. The average molecular weight is 294 g/mol.